The molecule has 9 nitrogen and oxygen atoms in total. The summed E-state index contributed by atoms with van der Waals surface area (Å²) < 4.78 is 1.95. The van der Waals surface area contributed by atoms with Crippen LogP contribution >= 0.6 is 11.6 Å². The number of aliphatic hydroxyl groups is 1. The third-order valence-corrected chi connectivity index (χ3v) is 7.49. The summed E-state index contributed by atoms with van der Waals surface area (Å²) >= 11 is 5.91. The fourth-order valence-corrected chi connectivity index (χ4v) is 5.53. The minimum Gasteiger partial charge on any atom is -0.481 e. The summed E-state index contributed by atoms with van der Waals surface area (Å²) in [5.74, 6) is -0.670. The molecule has 10 heteroatoms. The number of aromatic nitrogens is 2. The Morgan fingerprint density at radius 3 is 2.17 bits per heavy atom. The number of carboxylic acid groups (broad SMARTS) is 1. The van der Waals surface area contributed by atoms with Crippen molar-refractivity contribution in [1.82, 2.24) is 19.6 Å². The van der Waals surface area contributed by atoms with Crippen molar-refractivity contribution in [3.63, 3.8) is 0 Å². The van der Waals surface area contributed by atoms with Gasteiger partial charge >= 0.3 is 5.97 Å². The number of carbonyl (C=O) groups excluding carboxylic acids is 2. The molecule has 0 spiro atoms. The average molecular weight is 581 g/mol. The summed E-state index contributed by atoms with van der Waals surface area (Å²) in [6.07, 6.45) is 7.25. The number of aryl methyl sites for hydroxylation is 1. The Morgan fingerprint density at radius 1 is 1.07 bits per heavy atom. The van der Waals surface area contributed by atoms with Crippen molar-refractivity contribution in [2.75, 3.05) is 20.7 Å². The zero-order chi connectivity index (χ0) is 29.4. The molecule has 2 unspecified atom stereocenters. The number of rotatable bonds is 4. The van der Waals surface area contributed by atoms with Crippen LogP contribution in [0.2, 0.25) is 5.02 Å². The molecule has 3 aliphatic heterocycles. The van der Waals surface area contributed by atoms with Crippen molar-refractivity contribution in [2.24, 2.45) is 5.92 Å². The fourth-order valence-electron chi connectivity index (χ4n) is 5.41. The van der Waals surface area contributed by atoms with Crippen LogP contribution in [0.1, 0.15) is 81.5 Å². The zero-order valence-electron chi connectivity index (χ0n) is 23.8. The molecule has 0 saturated carbocycles. The van der Waals surface area contributed by atoms with E-state index in [1.165, 1.54) is 24.8 Å². The van der Waals surface area contributed by atoms with Gasteiger partial charge in [0.15, 0.2) is 6.29 Å². The lowest BCUT2D eigenvalue weighted by Gasteiger charge is -2.46. The minimum atomic E-state index is -0.593. The lowest BCUT2D eigenvalue weighted by Crippen LogP contribution is -2.50. The Labute approximate surface area is 245 Å². The molecule has 2 bridgehead atoms. The largest absolute Gasteiger partial charge is 0.481 e. The monoisotopic (exact) mass is 580 g/mol. The highest BCUT2D eigenvalue weighted by Gasteiger charge is 2.38. The number of benzene rings is 1. The SMILES string of the molecule is C.C=O.CC.CN1C2CCCC1CC(C(=O)O)C2.CO.O=Cc1cc2n(n1)CCCN(Cc1ccc(Cl)cc1)C2. The summed E-state index contributed by atoms with van der Waals surface area (Å²) in [4.78, 5) is 34.5. The molecule has 5 rings (SSSR count). The Hall–Kier alpha value is -2.59. The minimum absolute atomic E-state index is 0. The van der Waals surface area contributed by atoms with Gasteiger partial charge in [-0.2, -0.15) is 5.10 Å². The molecule has 2 fully saturated rings. The van der Waals surface area contributed by atoms with Crippen molar-refractivity contribution in [2.45, 2.75) is 91.5 Å². The van der Waals surface area contributed by atoms with E-state index in [1.807, 2.05) is 43.5 Å². The normalized spacial score (nSPS) is 21.3. The van der Waals surface area contributed by atoms with Crippen LogP contribution in [0.5, 0.6) is 0 Å². The molecule has 1 aromatic carbocycles. The number of carboxylic acids is 1. The van der Waals surface area contributed by atoms with E-state index < -0.39 is 5.97 Å². The summed E-state index contributed by atoms with van der Waals surface area (Å²) in [6, 6.07) is 10.9. The predicted molar refractivity (Wildman–Crippen MR) is 161 cm³/mol. The van der Waals surface area contributed by atoms with Crippen LogP contribution in [0.3, 0.4) is 0 Å². The number of aldehydes is 1. The van der Waals surface area contributed by atoms with Crippen molar-refractivity contribution in [3.05, 3.63) is 52.3 Å². The lowest BCUT2D eigenvalue weighted by atomic mass is 9.79. The van der Waals surface area contributed by atoms with Gasteiger partial charge in [0.05, 0.1) is 11.6 Å². The van der Waals surface area contributed by atoms with Crippen LogP contribution in [0.25, 0.3) is 0 Å². The van der Waals surface area contributed by atoms with Crippen LogP contribution in [0.4, 0.5) is 0 Å². The summed E-state index contributed by atoms with van der Waals surface area (Å²) in [7, 11) is 3.15. The molecule has 0 aliphatic carbocycles. The van der Waals surface area contributed by atoms with Crippen LogP contribution in [-0.4, -0.2) is 81.6 Å². The third kappa shape index (κ3) is 11.1. The molecular weight excluding hydrogens is 532 g/mol. The Kier molecular flexibility index (Phi) is 19.0. The van der Waals surface area contributed by atoms with Crippen molar-refractivity contribution < 1.29 is 24.6 Å². The first-order valence-electron chi connectivity index (χ1n) is 13.6. The molecule has 2 saturated heterocycles. The first-order chi connectivity index (χ1) is 18.9. The number of hydrogen-bond donors (Lipinski definition) is 2. The smallest absolute Gasteiger partial charge is 0.306 e. The van der Waals surface area contributed by atoms with Crippen LogP contribution in [0, 0.1) is 5.92 Å². The van der Waals surface area contributed by atoms with Crippen molar-refractivity contribution >= 4 is 30.6 Å². The number of fused-ring (bicyclic) bond motifs is 3. The number of aliphatic carboxylic acids is 1. The highest BCUT2D eigenvalue weighted by molar-refractivity contribution is 6.30. The Morgan fingerprint density at radius 2 is 1.65 bits per heavy atom. The molecule has 0 radical (unpaired) electrons. The van der Waals surface area contributed by atoms with Crippen molar-refractivity contribution in [3.8, 4) is 0 Å². The van der Waals surface area contributed by atoms with E-state index >= 15 is 0 Å². The molecule has 2 atom stereocenters. The highest BCUT2D eigenvalue weighted by atomic mass is 35.5. The van der Waals surface area contributed by atoms with Gasteiger partial charge in [-0.1, -0.05) is 51.4 Å². The maximum Gasteiger partial charge on any atom is 0.306 e. The standard InChI is InChI=1S/C15H16ClN3O.C10H17NO2.C2H6.CH4O.CH2O.CH4/c16-13-4-2-12(3-5-13)9-18-6-1-7-19-15(10-18)8-14(11-20)17-19;1-11-8-3-2-4-9(11)6-7(5-8)10(12)13;3*1-2;/h2-5,8,11H,1,6-7,9-10H2;7-9H,2-6H2,1H3,(H,12,13);1-2H3;2H,1H3;1H2;1H4. The second kappa shape index (κ2) is 20.3. The predicted octanol–water partition coefficient (Wildman–Crippen LogP) is 5.17. The molecular formula is C30H49ClN4O5. The van der Waals surface area contributed by atoms with Crippen LogP contribution in [-0.2, 0) is 29.2 Å². The number of aliphatic hydroxyl groups excluding tert-OH is 1. The summed E-state index contributed by atoms with van der Waals surface area (Å²) in [6.45, 7) is 9.62. The van der Waals surface area contributed by atoms with Gasteiger partial charge in [0.2, 0.25) is 0 Å². The second-order valence-electron chi connectivity index (χ2n) is 9.50. The molecule has 40 heavy (non-hydrogen) atoms. The lowest BCUT2D eigenvalue weighted by molar-refractivity contribution is -0.145. The van der Waals surface area contributed by atoms with E-state index in [4.69, 9.17) is 26.6 Å². The number of carbonyl (C=O) groups is 3. The van der Waals surface area contributed by atoms with Gasteiger partial charge in [-0.05, 0) is 62.9 Å². The number of nitrogens with zero attached hydrogens (tertiary/aromatic N) is 4. The van der Waals surface area contributed by atoms with E-state index in [0.717, 1.165) is 69.6 Å². The third-order valence-electron chi connectivity index (χ3n) is 7.24. The van der Waals surface area contributed by atoms with E-state index in [1.54, 1.807) is 0 Å². The number of halogens is 1. The summed E-state index contributed by atoms with van der Waals surface area (Å²) in [5.41, 5.74) is 2.88. The maximum atomic E-state index is 10.9. The quantitative estimate of drug-likeness (QED) is 0.476. The maximum absolute atomic E-state index is 10.9. The average Bonchev–Trinajstić information content (AvgIpc) is 3.25. The van der Waals surface area contributed by atoms with E-state index in [2.05, 4.69) is 34.1 Å². The van der Waals surface area contributed by atoms with Gasteiger partial charge in [0.1, 0.15) is 12.5 Å². The van der Waals surface area contributed by atoms with Crippen LogP contribution in [0.15, 0.2) is 30.3 Å². The molecule has 2 aromatic rings. The molecule has 4 heterocycles. The van der Waals surface area contributed by atoms with Crippen molar-refractivity contribution in [1.29, 1.82) is 0 Å². The van der Waals surface area contributed by atoms with Gasteiger partial charge < -0.3 is 19.9 Å². The second-order valence-corrected chi connectivity index (χ2v) is 9.94. The number of piperidine rings is 2. The van der Waals surface area contributed by atoms with E-state index in [9.17, 15) is 9.59 Å². The zero-order valence-corrected chi connectivity index (χ0v) is 24.5. The van der Waals surface area contributed by atoms with Gasteiger partial charge in [-0.15, -0.1) is 0 Å². The molecule has 226 valence electrons. The molecule has 3 aliphatic rings. The molecule has 2 N–H and O–H groups in total. The van der Waals surface area contributed by atoms with Gasteiger partial charge in [0.25, 0.3) is 0 Å². The Bertz CT molecular complexity index is 971. The summed E-state index contributed by atoms with van der Waals surface area (Å²) in [5, 5.41) is 21.0. The first-order valence-corrected chi connectivity index (χ1v) is 14.0. The highest BCUT2D eigenvalue weighted by Crippen LogP contribution is 2.35. The molecule has 0 amide bonds. The molecule has 1 aromatic heterocycles. The Balaban J connectivity index is 0.000000662. The topological polar surface area (TPSA) is 116 Å². The van der Waals surface area contributed by atoms with E-state index in [-0.39, 0.29) is 13.3 Å². The van der Waals surface area contributed by atoms with Gasteiger partial charge in [-0.25, -0.2) is 0 Å². The van der Waals surface area contributed by atoms with Crippen LogP contribution < -0.4 is 0 Å². The number of hydrogen-bond acceptors (Lipinski definition) is 7. The first kappa shape index (κ1) is 37.4. The fraction of sp³-hybridized carbons (Fsp3) is 0.600. The van der Waals surface area contributed by atoms with Gasteiger partial charge in [0, 0.05) is 50.4 Å². The van der Waals surface area contributed by atoms with E-state index in [0.29, 0.717) is 17.8 Å². The van der Waals surface area contributed by atoms with Gasteiger partial charge in [-0.3, -0.25) is 19.2 Å².